The number of urea groups is 1. The first-order valence-corrected chi connectivity index (χ1v) is 19.9. The monoisotopic (exact) mass is 691 g/mol. The summed E-state index contributed by atoms with van der Waals surface area (Å²) in [6.45, 7) is 8.11. The van der Waals surface area contributed by atoms with E-state index in [1.165, 1.54) is 6.08 Å². The van der Waals surface area contributed by atoms with Gasteiger partial charge in [-0.25, -0.2) is 13.2 Å². The quantitative estimate of drug-likeness (QED) is 0.224. The van der Waals surface area contributed by atoms with Crippen molar-refractivity contribution in [1.82, 2.24) is 26.2 Å². The lowest BCUT2D eigenvalue weighted by Gasteiger charge is -2.42. The van der Waals surface area contributed by atoms with Gasteiger partial charge in [-0.3, -0.25) is 19.2 Å². The minimum atomic E-state index is -3.34. The van der Waals surface area contributed by atoms with Gasteiger partial charge in [-0.05, 0) is 56.8 Å². The Balaban J connectivity index is 1.57. The van der Waals surface area contributed by atoms with Crippen molar-refractivity contribution in [3.05, 3.63) is 12.7 Å². The maximum Gasteiger partial charge on any atom is 0.315 e. The van der Waals surface area contributed by atoms with Crippen molar-refractivity contribution in [3.8, 4) is 0 Å². The van der Waals surface area contributed by atoms with Crippen molar-refractivity contribution in [2.45, 2.75) is 145 Å². The molecule has 3 aliphatic heterocycles. The zero-order valence-electron chi connectivity index (χ0n) is 28.9. The topological polar surface area (TPSA) is 171 Å². The second-order valence-corrected chi connectivity index (χ2v) is 17.0. The third-order valence-electron chi connectivity index (χ3n) is 11.0. The van der Waals surface area contributed by atoms with Crippen molar-refractivity contribution in [1.29, 1.82) is 0 Å². The van der Waals surface area contributed by atoms with Gasteiger partial charge in [-0.1, -0.05) is 77.7 Å². The summed E-state index contributed by atoms with van der Waals surface area (Å²) in [5.41, 5.74) is -0.862. The van der Waals surface area contributed by atoms with Crippen molar-refractivity contribution < 1.29 is 32.4 Å². The number of nitrogens with one attached hydrogen (secondary N) is 4. The Morgan fingerprint density at radius 1 is 0.958 bits per heavy atom. The van der Waals surface area contributed by atoms with Gasteiger partial charge < -0.3 is 26.2 Å². The molecular weight excluding hydrogens is 634 g/mol. The number of hydrogen-bond acceptors (Lipinski definition) is 7. The second kappa shape index (κ2) is 17.1. The molecule has 3 heterocycles. The summed E-state index contributed by atoms with van der Waals surface area (Å²) in [5.74, 6) is -2.00. The molecule has 0 aromatic heterocycles. The first-order valence-electron chi connectivity index (χ1n) is 18.2. The normalized spacial score (nSPS) is 29.9. The number of Topliss-reactive ketones (excluding diaryl/α,β-unsaturated/α-hetero) is 1. The molecule has 4 rings (SSSR count). The maximum absolute atomic E-state index is 14.4. The standard InChI is InChI=1S/C35H57N5O7S/c1-4-20-36-32(43)30(41)26-15-10-7-5-6-8-11-16-27(33(44)40-23-25(24(2)3)22-28(40)31(42)37-26)38-34(45)39-35(18-12-9-13-19-35)29-17-14-21-48(29,46)47/h4,24-29H,1,5-23H2,2-3H3,(H,36,43)(H,37,42)(H2,38,39,45)/t25-,26+,27+,28?,29-/m1/s1. The van der Waals surface area contributed by atoms with Gasteiger partial charge in [0.1, 0.15) is 12.1 Å². The van der Waals surface area contributed by atoms with Gasteiger partial charge in [-0.2, -0.15) is 0 Å². The fourth-order valence-electron chi connectivity index (χ4n) is 8.19. The third-order valence-corrected chi connectivity index (χ3v) is 13.4. The number of nitrogens with zero attached hydrogens (tertiary/aromatic N) is 1. The van der Waals surface area contributed by atoms with Crippen LogP contribution < -0.4 is 21.3 Å². The molecule has 0 aromatic carbocycles. The van der Waals surface area contributed by atoms with E-state index in [2.05, 4.69) is 27.8 Å². The third kappa shape index (κ3) is 9.38. The summed E-state index contributed by atoms with van der Waals surface area (Å²) in [6, 6.07) is -3.32. The van der Waals surface area contributed by atoms with Crippen LogP contribution >= 0.6 is 0 Å². The van der Waals surface area contributed by atoms with E-state index in [1.807, 2.05) is 13.8 Å². The number of carbonyl (C=O) groups excluding carboxylic acids is 5. The van der Waals surface area contributed by atoms with Crippen LogP contribution in [0.3, 0.4) is 0 Å². The fraction of sp³-hybridized carbons (Fsp3) is 0.800. The van der Waals surface area contributed by atoms with Gasteiger partial charge in [0.05, 0.1) is 22.6 Å². The molecule has 1 unspecified atom stereocenters. The molecule has 4 aliphatic rings. The van der Waals surface area contributed by atoms with Gasteiger partial charge >= 0.3 is 6.03 Å². The van der Waals surface area contributed by atoms with Gasteiger partial charge in [0, 0.05) is 13.1 Å². The smallest absolute Gasteiger partial charge is 0.315 e. The lowest BCUT2D eigenvalue weighted by atomic mass is 9.78. The number of ketones is 1. The number of carbonyl (C=O) groups is 5. The molecule has 0 bridgehead atoms. The van der Waals surface area contributed by atoms with Gasteiger partial charge in [0.2, 0.25) is 17.6 Å². The Kier molecular flexibility index (Phi) is 13.5. The lowest BCUT2D eigenvalue weighted by Crippen LogP contribution is -2.63. The second-order valence-electron chi connectivity index (χ2n) is 14.7. The van der Waals surface area contributed by atoms with Crippen LogP contribution in [0.4, 0.5) is 4.79 Å². The van der Waals surface area contributed by atoms with E-state index in [9.17, 15) is 32.4 Å². The van der Waals surface area contributed by atoms with Crippen LogP contribution in [0, 0.1) is 11.8 Å². The number of sulfone groups is 1. The zero-order valence-corrected chi connectivity index (χ0v) is 29.7. The van der Waals surface area contributed by atoms with Crippen LogP contribution in [-0.2, 0) is 29.0 Å². The molecule has 1 saturated carbocycles. The number of amides is 5. The predicted octanol–water partition coefficient (Wildman–Crippen LogP) is 3.30. The van der Waals surface area contributed by atoms with Gasteiger partial charge in [0.25, 0.3) is 5.91 Å². The van der Waals surface area contributed by atoms with E-state index in [1.54, 1.807) is 4.90 Å². The van der Waals surface area contributed by atoms with Crippen LogP contribution in [0.2, 0.25) is 0 Å². The number of fused-ring (bicyclic) bond motifs is 1. The van der Waals surface area contributed by atoms with E-state index in [-0.39, 0.29) is 30.0 Å². The Labute approximate surface area is 286 Å². The van der Waals surface area contributed by atoms with Crippen LogP contribution in [0.5, 0.6) is 0 Å². The number of hydrogen-bond donors (Lipinski definition) is 4. The van der Waals surface area contributed by atoms with Crippen LogP contribution in [0.15, 0.2) is 12.7 Å². The summed E-state index contributed by atoms with van der Waals surface area (Å²) in [4.78, 5) is 69.2. The van der Waals surface area contributed by atoms with E-state index in [0.29, 0.717) is 64.3 Å². The molecule has 0 radical (unpaired) electrons. The van der Waals surface area contributed by atoms with Gasteiger partial charge in [0.15, 0.2) is 9.84 Å². The highest BCUT2D eigenvalue weighted by Gasteiger charge is 2.50. The van der Waals surface area contributed by atoms with E-state index in [0.717, 1.165) is 44.9 Å². The first-order chi connectivity index (χ1) is 22.9. The molecule has 1 aliphatic carbocycles. The highest BCUT2D eigenvalue weighted by molar-refractivity contribution is 7.92. The van der Waals surface area contributed by atoms with Crippen molar-refractivity contribution in [2.24, 2.45) is 11.8 Å². The van der Waals surface area contributed by atoms with Crippen LogP contribution in [0.1, 0.15) is 117 Å². The number of rotatable bonds is 8. The Morgan fingerprint density at radius 2 is 1.60 bits per heavy atom. The summed E-state index contributed by atoms with van der Waals surface area (Å²) in [7, 11) is -3.34. The van der Waals surface area contributed by atoms with E-state index >= 15 is 0 Å². The maximum atomic E-state index is 14.4. The molecule has 270 valence electrons. The molecule has 3 saturated heterocycles. The van der Waals surface area contributed by atoms with E-state index < -0.39 is 62.4 Å². The predicted molar refractivity (Wildman–Crippen MR) is 184 cm³/mol. The average molecular weight is 692 g/mol. The minimum Gasteiger partial charge on any atom is -0.346 e. The van der Waals surface area contributed by atoms with Crippen molar-refractivity contribution >= 4 is 39.4 Å². The van der Waals surface area contributed by atoms with Crippen LogP contribution in [0.25, 0.3) is 0 Å². The summed E-state index contributed by atoms with van der Waals surface area (Å²) >= 11 is 0. The Bertz CT molecular complexity index is 1300. The molecule has 5 amide bonds. The minimum absolute atomic E-state index is 0.0289. The molecule has 4 N–H and O–H groups in total. The molecule has 13 heteroatoms. The molecule has 0 aromatic rings. The Morgan fingerprint density at radius 3 is 2.23 bits per heavy atom. The largest absolute Gasteiger partial charge is 0.346 e. The highest BCUT2D eigenvalue weighted by atomic mass is 32.2. The fourth-order valence-corrected chi connectivity index (χ4v) is 10.6. The summed E-state index contributed by atoms with van der Waals surface area (Å²) in [6.07, 6.45) is 12.3. The summed E-state index contributed by atoms with van der Waals surface area (Å²) < 4.78 is 26.1. The zero-order chi connectivity index (χ0) is 34.9. The van der Waals surface area contributed by atoms with Crippen LogP contribution in [-0.4, -0.2) is 90.6 Å². The summed E-state index contributed by atoms with van der Waals surface area (Å²) in [5, 5.41) is 10.7. The average Bonchev–Trinajstić information content (AvgIpc) is 3.66. The molecule has 12 nitrogen and oxygen atoms in total. The molecular formula is C35H57N5O7S. The molecule has 4 fully saturated rings. The highest BCUT2D eigenvalue weighted by Crippen LogP contribution is 2.39. The van der Waals surface area contributed by atoms with Gasteiger partial charge in [-0.15, -0.1) is 6.58 Å². The first kappa shape index (κ1) is 37.9. The van der Waals surface area contributed by atoms with Crippen molar-refractivity contribution in [2.75, 3.05) is 18.8 Å². The SMILES string of the molecule is C=CCNC(=O)C(=O)[C@@H]1CCCCCCCC[C@H](NC(=O)NC2([C@H]3CCCS3(=O)=O)CCCCC2)C(=O)N2C[C@H](C(C)C)CC2C(=O)N1. The lowest BCUT2D eigenvalue weighted by molar-refractivity contribution is -0.142. The van der Waals surface area contributed by atoms with Crippen molar-refractivity contribution in [3.63, 3.8) is 0 Å². The molecule has 48 heavy (non-hydrogen) atoms. The Hall–Kier alpha value is -2.96. The molecule has 5 atom stereocenters. The van der Waals surface area contributed by atoms with E-state index in [4.69, 9.17) is 0 Å². The molecule has 0 spiro atoms.